The minimum Gasteiger partial charge on any atom is -0.427 e. The van der Waals surface area contributed by atoms with E-state index in [0.29, 0.717) is 12.8 Å². The normalized spacial score (nSPS) is 14.8. The van der Waals surface area contributed by atoms with Gasteiger partial charge in [-0.3, -0.25) is 9.59 Å². The predicted octanol–water partition coefficient (Wildman–Crippen LogP) is 6.22. The summed E-state index contributed by atoms with van der Waals surface area (Å²) in [5.41, 5.74) is -3.67. The first-order chi connectivity index (χ1) is 20.8. The van der Waals surface area contributed by atoms with E-state index in [1.165, 1.54) is 38.0 Å². The van der Waals surface area contributed by atoms with E-state index in [1.54, 1.807) is 41.5 Å². The summed E-state index contributed by atoms with van der Waals surface area (Å²) in [7, 11) is 1.35. The molecule has 0 saturated carbocycles. The van der Waals surface area contributed by atoms with Gasteiger partial charge in [-0.15, -0.1) is 0 Å². The molecule has 10 nitrogen and oxygen atoms in total. The maximum Gasteiger partial charge on any atom is 0.416 e. The minimum absolute atomic E-state index is 0.134. The monoisotopic (exact) mass is 641 g/mol. The van der Waals surface area contributed by atoms with Crippen LogP contribution in [0.25, 0.3) is 0 Å². The number of alkyl halides is 3. The Balaban J connectivity index is 2.65. The van der Waals surface area contributed by atoms with E-state index >= 15 is 0 Å². The Morgan fingerprint density at radius 2 is 1.18 bits per heavy atom. The first-order valence-electron chi connectivity index (χ1n) is 14.4. The molecule has 0 unspecified atom stereocenters. The van der Waals surface area contributed by atoms with Gasteiger partial charge in [-0.25, -0.2) is 9.59 Å². The Hall–Kier alpha value is -3.87. The highest BCUT2D eigenvalue weighted by molar-refractivity contribution is 6.00. The fourth-order valence-corrected chi connectivity index (χ4v) is 4.38. The molecule has 250 valence electrons. The molecule has 0 radical (unpaired) electrons. The van der Waals surface area contributed by atoms with Crippen molar-refractivity contribution in [2.24, 2.45) is 10.8 Å². The van der Waals surface area contributed by atoms with Gasteiger partial charge in [0, 0.05) is 18.5 Å². The van der Waals surface area contributed by atoms with E-state index in [2.05, 4.69) is 0 Å². The molecule has 45 heavy (non-hydrogen) atoms. The van der Waals surface area contributed by atoms with Crippen LogP contribution in [0.1, 0.15) is 85.3 Å². The van der Waals surface area contributed by atoms with Crippen LogP contribution < -0.4 is 0 Å². The molecule has 1 heterocycles. The molecule has 13 heteroatoms. The van der Waals surface area contributed by atoms with Crippen molar-refractivity contribution in [2.75, 3.05) is 27.4 Å². The van der Waals surface area contributed by atoms with Crippen LogP contribution in [0.2, 0.25) is 0 Å². The number of carbonyl (C=O) groups excluding carboxylic acids is 4. The Labute approximate surface area is 261 Å². The SMILES string of the molecule is CCC(C)(C)C(=O)OCOC(=O)C1=C(C)N(COC)C(C)=C(C(=O)OCOC(=O)C(C)(C)CC)C1c1ccccc1C(F)(F)F. The summed E-state index contributed by atoms with van der Waals surface area (Å²) in [6.45, 7) is 11.2. The van der Waals surface area contributed by atoms with Crippen molar-refractivity contribution in [1.29, 1.82) is 0 Å². The molecule has 0 amide bonds. The Morgan fingerprint density at radius 1 is 0.756 bits per heavy atom. The lowest BCUT2D eigenvalue weighted by molar-refractivity contribution is -0.173. The molecule has 1 aliphatic rings. The van der Waals surface area contributed by atoms with Gasteiger partial charge in [0.1, 0.15) is 6.73 Å². The van der Waals surface area contributed by atoms with Gasteiger partial charge < -0.3 is 28.6 Å². The Morgan fingerprint density at radius 3 is 1.56 bits per heavy atom. The van der Waals surface area contributed by atoms with Gasteiger partial charge in [0.25, 0.3) is 0 Å². The van der Waals surface area contributed by atoms with Crippen LogP contribution in [0.4, 0.5) is 13.2 Å². The van der Waals surface area contributed by atoms with Crippen LogP contribution in [0.5, 0.6) is 0 Å². The van der Waals surface area contributed by atoms with E-state index in [-0.39, 0.29) is 29.3 Å². The van der Waals surface area contributed by atoms with Crippen LogP contribution in [0.15, 0.2) is 46.8 Å². The van der Waals surface area contributed by atoms with Gasteiger partial charge in [-0.1, -0.05) is 32.0 Å². The number of carbonyl (C=O) groups is 4. The van der Waals surface area contributed by atoms with Gasteiger partial charge in [0.15, 0.2) is 0 Å². The van der Waals surface area contributed by atoms with Gasteiger partial charge in [-0.2, -0.15) is 13.2 Å². The van der Waals surface area contributed by atoms with E-state index in [9.17, 15) is 32.3 Å². The van der Waals surface area contributed by atoms with E-state index in [1.807, 2.05) is 0 Å². The van der Waals surface area contributed by atoms with Crippen molar-refractivity contribution in [3.05, 3.63) is 57.9 Å². The standard InChI is InChI=1S/C32H42F3NO9/c1-10-30(5,6)28(39)44-17-42-26(37)23-19(3)36(16-41-9)20(4)24(27(38)43-18-45-29(40)31(7,8)11-2)25(23)21-14-12-13-15-22(21)32(33,34)35/h12-15,25H,10-11,16-18H2,1-9H3. The van der Waals surface area contributed by atoms with Crippen molar-refractivity contribution in [3.8, 4) is 0 Å². The second-order valence-corrected chi connectivity index (χ2v) is 11.8. The van der Waals surface area contributed by atoms with E-state index < -0.39 is 71.5 Å². The molecule has 1 aromatic rings. The number of halogens is 3. The molecule has 0 aliphatic carbocycles. The molecule has 0 bridgehead atoms. The highest BCUT2D eigenvalue weighted by atomic mass is 19.4. The zero-order valence-electron chi connectivity index (χ0n) is 27.2. The fourth-order valence-electron chi connectivity index (χ4n) is 4.38. The van der Waals surface area contributed by atoms with Crippen molar-refractivity contribution >= 4 is 23.9 Å². The maximum atomic E-state index is 14.3. The van der Waals surface area contributed by atoms with Crippen LogP contribution in [0.3, 0.4) is 0 Å². The summed E-state index contributed by atoms with van der Waals surface area (Å²) in [5.74, 6) is -5.19. The number of esters is 4. The van der Waals surface area contributed by atoms with Crippen LogP contribution >= 0.6 is 0 Å². The highest BCUT2D eigenvalue weighted by Crippen LogP contribution is 2.46. The third-order valence-electron chi connectivity index (χ3n) is 8.07. The second kappa shape index (κ2) is 14.9. The molecular formula is C32H42F3NO9. The molecule has 0 spiro atoms. The molecule has 0 atom stereocenters. The Bertz CT molecular complexity index is 1280. The second-order valence-electron chi connectivity index (χ2n) is 11.8. The smallest absolute Gasteiger partial charge is 0.416 e. The average molecular weight is 642 g/mol. The van der Waals surface area contributed by atoms with Gasteiger partial charge >= 0.3 is 30.1 Å². The number of nitrogens with zero attached hydrogens (tertiary/aromatic N) is 1. The van der Waals surface area contributed by atoms with Crippen LogP contribution in [-0.4, -0.2) is 56.2 Å². The molecule has 1 aromatic carbocycles. The molecule has 1 aliphatic heterocycles. The summed E-state index contributed by atoms with van der Waals surface area (Å²) in [6, 6.07) is 4.50. The van der Waals surface area contributed by atoms with Crippen molar-refractivity contribution in [1.82, 2.24) is 4.90 Å². The number of methoxy groups -OCH3 is 1. The summed E-state index contributed by atoms with van der Waals surface area (Å²) in [4.78, 5) is 53.6. The van der Waals surface area contributed by atoms with Crippen molar-refractivity contribution in [3.63, 3.8) is 0 Å². The summed E-state index contributed by atoms with van der Waals surface area (Å²) in [5, 5.41) is 0. The largest absolute Gasteiger partial charge is 0.427 e. The molecular weight excluding hydrogens is 599 g/mol. The number of rotatable bonds is 13. The zero-order valence-corrected chi connectivity index (χ0v) is 27.2. The van der Waals surface area contributed by atoms with Gasteiger partial charge in [0.05, 0.1) is 33.5 Å². The Kier molecular flexibility index (Phi) is 12.4. The van der Waals surface area contributed by atoms with E-state index in [4.69, 9.17) is 23.7 Å². The minimum atomic E-state index is -4.87. The van der Waals surface area contributed by atoms with Crippen molar-refractivity contribution in [2.45, 2.75) is 80.3 Å². The van der Waals surface area contributed by atoms with Gasteiger partial charge in [0.2, 0.25) is 13.6 Å². The summed E-state index contributed by atoms with van der Waals surface area (Å²) >= 11 is 0. The number of ether oxygens (including phenoxy) is 5. The first kappa shape index (κ1) is 37.3. The van der Waals surface area contributed by atoms with Crippen LogP contribution in [-0.2, 0) is 49.0 Å². The predicted molar refractivity (Wildman–Crippen MR) is 156 cm³/mol. The summed E-state index contributed by atoms with van der Waals surface area (Å²) in [6.07, 6.45) is -3.99. The summed E-state index contributed by atoms with van der Waals surface area (Å²) < 4.78 is 69.0. The number of hydrogen-bond donors (Lipinski definition) is 0. The van der Waals surface area contributed by atoms with Gasteiger partial charge in [-0.05, 0) is 66.0 Å². The maximum absolute atomic E-state index is 14.3. The third kappa shape index (κ3) is 8.65. The number of benzene rings is 1. The van der Waals surface area contributed by atoms with Crippen molar-refractivity contribution < 1.29 is 56.0 Å². The average Bonchev–Trinajstić information content (AvgIpc) is 2.98. The van der Waals surface area contributed by atoms with E-state index in [0.717, 1.165) is 12.1 Å². The van der Waals surface area contributed by atoms with Crippen LogP contribution in [0, 0.1) is 10.8 Å². The zero-order chi connectivity index (χ0) is 34.3. The lowest BCUT2D eigenvalue weighted by atomic mass is 9.78. The quantitative estimate of drug-likeness (QED) is 0.182. The number of hydrogen-bond acceptors (Lipinski definition) is 10. The first-order valence-corrected chi connectivity index (χ1v) is 14.4. The molecule has 0 N–H and O–H groups in total. The molecule has 0 fully saturated rings. The fraction of sp³-hybridized carbons (Fsp3) is 0.562. The third-order valence-corrected chi connectivity index (χ3v) is 8.07. The molecule has 2 rings (SSSR count). The highest BCUT2D eigenvalue weighted by Gasteiger charge is 2.45. The lowest BCUT2D eigenvalue weighted by Crippen LogP contribution is -2.37. The molecule has 0 aromatic heterocycles. The topological polar surface area (TPSA) is 118 Å². The molecule has 0 saturated heterocycles. The number of allylic oxidation sites excluding steroid dienone is 2. The lowest BCUT2D eigenvalue weighted by Gasteiger charge is -2.38.